The van der Waals surface area contributed by atoms with Crippen molar-refractivity contribution >= 4 is 11.9 Å². The van der Waals surface area contributed by atoms with Crippen LogP contribution in [-0.2, 0) is 4.79 Å². The maximum atomic E-state index is 12.4. The van der Waals surface area contributed by atoms with Crippen molar-refractivity contribution in [1.29, 1.82) is 0 Å². The molecule has 1 aliphatic rings. The smallest absolute Gasteiger partial charge is 0.159 e. The number of hydrogen-bond donors (Lipinski definition) is 0. The summed E-state index contributed by atoms with van der Waals surface area (Å²) in [4.78, 5) is 12.4. The van der Waals surface area contributed by atoms with E-state index in [4.69, 9.17) is 4.74 Å². The molecular weight excluding hydrogens is 272 g/mol. The van der Waals surface area contributed by atoms with E-state index in [0.29, 0.717) is 6.42 Å². The molecule has 3 rings (SSSR count). The minimum atomic E-state index is 0.213. The van der Waals surface area contributed by atoms with Gasteiger partial charge >= 0.3 is 0 Å². The van der Waals surface area contributed by atoms with Gasteiger partial charge in [-0.25, -0.2) is 0 Å². The molecule has 0 radical (unpaired) electrons. The summed E-state index contributed by atoms with van der Waals surface area (Å²) in [5, 5.41) is 0. The number of benzene rings is 2. The molecule has 2 heteroatoms. The molecule has 0 aromatic heterocycles. The summed E-state index contributed by atoms with van der Waals surface area (Å²) in [7, 11) is 1.66. The Labute approximate surface area is 131 Å². The molecule has 0 spiro atoms. The highest BCUT2D eigenvalue weighted by Gasteiger charge is 2.26. The van der Waals surface area contributed by atoms with Gasteiger partial charge in [-0.15, -0.1) is 0 Å². The normalized spacial score (nSPS) is 20.1. The Morgan fingerprint density at radius 3 is 2.45 bits per heavy atom. The first-order valence-electron chi connectivity index (χ1n) is 7.72. The highest BCUT2D eigenvalue weighted by atomic mass is 16.5. The van der Waals surface area contributed by atoms with Gasteiger partial charge in [0.1, 0.15) is 5.75 Å². The molecule has 2 nitrogen and oxygen atoms in total. The Balaban J connectivity index is 1.95. The third-order valence-electron chi connectivity index (χ3n) is 4.23. The van der Waals surface area contributed by atoms with E-state index in [2.05, 4.69) is 12.1 Å². The lowest BCUT2D eigenvalue weighted by Gasteiger charge is -2.25. The van der Waals surface area contributed by atoms with E-state index >= 15 is 0 Å². The zero-order valence-corrected chi connectivity index (χ0v) is 12.8. The lowest BCUT2D eigenvalue weighted by Crippen LogP contribution is -2.17. The van der Waals surface area contributed by atoms with Crippen molar-refractivity contribution in [3.05, 3.63) is 71.3 Å². The largest absolute Gasteiger partial charge is 0.497 e. The maximum Gasteiger partial charge on any atom is 0.159 e. The van der Waals surface area contributed by atoms with Gasteiger partial charge in [0.05, 0.1) is 7.11 Å². The molecular formula is C20H20O2. The Kier molecular flexibility index (Phi) is 4.38. The van der Waals surface area contributed by atoms with Crippen molar-refractivity contribution in [3.63, 3.8) is 0 Å². The van der Waals surface area contributed by atoms with Crippen molar-refractivity contribution < 1.29 is 9.53 Å². The van der Waals surface area contributed by atoms with Gasteiger partial charge in [0, 0.05) is 17.9 Å². The van der Waals surface area contributed by atoms with Crippen LogP contribution in [0.1, 0.15) is 36.3 Å². The number of methoxy groups -OCH3 is 1. The fourth-order valence-corrected chi connectivity index (χ4v) is 3.05. The lowest BCUT2D eigenvalue weighted by molar-refractivity contribution is -0.116. The summed E-state index contributed by atoms with van der Waals surface area (Å²) in [5.74, 6) is 1.32. The lowest BCUT2D eigenvalue weighted by atomic mass is 9.78. The van der Waals surface area contributed by atoms with E-state index in [1.807, 2.05) is 48.5 Å². The van der Waals surface area contributed by atoms with E-state index in [1.165, 1.54) is 5.56 Å². The minimum Gasteiger partial charge on any atom is -0.497 e. The van der Waals surface area contributed by atoms with E-state index in [9.17, 15) is 4.79 Å². The average Bonchev–Trinajstić information content (AvgIpc) is 2.58. The molecule has 1 aliphatic carbocycles. The topological polar surface area (TPSA) is 26.3 Å². The molecule has 22 heavy (non-hydrogen) atoms. The third-order valence-corrected chi connectivity index (χ3v) is 4.23. The van der Waals surface area contributed by atoms with Crippen LogP contribution in [0.15, 0.2) is 60.2 Å². The molecule has 0 heterocycles. The predicted octanol–water partition coefficient (Wildman–Crippen LogP) is 4.62. The molecule has 0 N–H and O–H groups in total. The fraction of sp³-hybridized carbons (Fsp3) is 0.250. The standard InChI is InChI=1S/C20H20O2/c1-22-17-12-10-15(11-13-17)14-19-18(8-5-9-20(19)21)16-6-3-2-4-7-16/h2-4,6-7,10-14,18H,5,8-9H2,1H3. The summed E-state index contributed by atoms with van der Waals surface area (Å²) in [6.07, 6.45) is 4.71. The summed E-state index contributed by atoms with van der Waals surface area (Å²) < 4.78 is 5.18. The van der Waals surface area contributed by atoms with Crippen molar-refractivity contribution in [2.45, 2.75) is 25.2 Å². The van der Waals surface area contributed by atoms with E-state index < -0.39 is 0 Å². The van der Waals surface area contributed by atoms with Gasteiger partial charge < -0.3 is 4.74 Å². The minimum absolute atomic E-state index is 0.213. The first-order chi connectivity index (χ1) is 10.8. The molecule has 1 saturated carbocycles. The molecule has 112 valence electrons. The Hall–Kier alpha value is -2.35. The number of carbonyl (C=O) groups excluding carboxylic acids is 1. The number of hydrogen-bond acceptors (Lipinski definition) is 2. The number of carbonyl (C=O) groups is 1. The molecule has 1 fully saturated rings. The highest BCUT2D eigenvalue weighted by molar-refractivity contribution is 6.01. The SMILES string of the molecule is COc1ccc(C=C2C(=O)CCCC2c2ccccc2)cc1. The quantitative estimate of drug-likeness (QED) is 0.772. The molecule has 0 aliphatic heterocycles. The van der Waals surface area contributed by atoms with E-state index in [0.717, 1.165) is 29.7 Å². The van der Waals surface area contributed by atoms with Gasteiger partial charge in [-0.05, 0) is 42.2 Å². The summed E-state index contributed by atoms with van der Waals surface area (Å²) in [5.41, 5.74) is 3.21. The van der Waals surface area contributed by atoms with Crippen molar-refractivity contribution in [1.82, 2.24) is 0 Å². The first-order valence-corrected chi connectivity index (χ1v) is 7.72. The molecule has 1 unspecified atom stereocenters. The van der Waals surface area contributed by atoms with Crippen LogP contribution in [0.25, 0.3) is 6.08 Å². The van der Waals surface area contributed by atoms with Crippen LogP contribution in [0.5, 0.6) is 5.75 Å². The van der Waals surface area contributed by atoms with Gasteiger partial charge in [0.15, 0.2) is 5.78 Å². The second-order valence-corrected chi connectivity index (χ2v) is 5.65. The molecule has 2 aromatic carbocycles. The Bertz CT molecular complexity index is 669. The van der Waals surface area contributed by atoms with Gasteiger partial charge in [0.25, 0.3) is 0 Å². The van der Waals surface area contributed by atoms with Crippen LogP contribution in [-0.4, -0.2) is 12.9 Å². The number of ether oxygens (including phenoxy) is 1. The van der Waals surface area contributed by atoms with Crippen molar-refractivity contribution in [3.8, 4) is 5.75 Å². The molecule has 2 aromatic rings. The summed E-state index contributed by atoms with van der Waals surface area (Å²) >= 11 is 0. The molecule has 0 bridgehead atoms. The summed E-state index contributed by atoms with van der Waals surface area (Å²) in [6, 6.07) is 18.2. The highest BCUT2D eigenvalue weighted by Crippen LogP contribution is 2.36. The number of Topliss-reactive ketones (excluding diaryl/α,β-unsaturated/α-hetero) is 1. The zero-order valence-electron chi connectivity index (χ0n) is 12.8. The van der Waals surface area contributed by atoms with E-state index in [-0.39, 0.29) is 11.7 Å². The molecule has 1 atom stereocenters. The first kappa shape index (κ1) is 14.6. The number of rotatable bonds is 3. The van der Waals surface area contributed by atoms with Crippen LogP contribution in [0.4, 0.5) is 0 Å². The Morgan fingerprint density at radius 1 is 1.05 bits per heavy atom. The third kappa shape index (κ3) is 3.11. The molecule has 0 amide bonds. The second kappa shape index (κ2) is 6.61. The number of ketones is 1. The van der Waals surface area contributed by atoms with Crippen molar-refractivity contribution in [2.24, 2.45) is 0 Å². The average molecular weight is 292 g/mol. The van der Waals surface area contributed by atoms with Crippen molar-refractivity contribution in [2.75, 3.05) is 7.11 Å². The van der Waals surface area contributed by atoms with Crippen LogP contribution in [0.3, 0.4) is 0 Å². The van der Waals surface area contributed by atoms with Gasteiger partial charge in [-0.1, -0.05) is 42.5 Å². The van der Waals surface area contributed by atoms with Gasteiger partial charge in [0.2, 0.25) is 0 Å². The van der Waals surface area contributed by atoms with Gasteiger partial charge in [-0.2, -0.15) is 0 Å². The van der Waals surface area contributed by atoms with Crippen LogP contribution >= 0.6 is 0 Å². The van der Waals surface area contributed by atoms with Crippen LogP contribution < -0.4 is 4.74 Å². The van der Waals surface area contributed by atoms with Crippen LogP contribution in [0, 0.1) is 0 Å². The zero-order chi connectivity index (χ0) is 15.4. The van der Waals surface area contributed by atoms with Gasteiger partial charge in [-0.3, -0.25) is 4.79 Å². The Morgan fingerprint density at radius 2 is 1.77 bits per heavy atom. The summed E-state index contributed by atoms with van der Waals surface area (Å²) in [6.45, 7) is 0. The van der Waals surface area contributed by atoms with E-state index in [1.54, 1.807) is 7.11 Å². The maximum absolute atomic E-state index is 12.4. The molecule has 0 saturated heterocycles. The second-order valence-electron chi connectivity index (χ2n) is 5.65. The number of allylic oxidation sites excluding steroid dienone is 1. The monoisotopic (exact) mass is 292 g/mol. The predicted molar refractivity (Wildman–Crippen MR) is 89.0 cm³/mol. The fourth-order valence-electron chi connectivity index (χ4n) is 3.05. The van der Waals surface area contributed by atoms with Crippen LogP contribution in [0.2, 0.25) is 0 Å².